The zero-order valence-electron chi connectivity index (χ0n) is 10.3. The molecule has 100 valence electrons. The fourth-order valence-electron chi connectivity index (χ4n) is 2.09. The molecule has 1 fully saturated rings. The van der Waals surface area contributed by atoms with Gasteiger partial charge in [0.25, 0.3) is 0 Å². The topological polar surface area (TPSA) is 30.5 Å². The van der Waals surface area contributed by atoms with Gasteiger partial charge in [0.05, 0.1) is 22.2 Å². The van der Waals surface area contributed by atoms with Crippen LogP contribution in [0.25, 0.3) is 0 Å². The van der Waals surface area contributed by atoms with Gasteiger partial charge in [-0.05, 0) is 62.4 Å². The summed E-state index contributed by atoms with van der Waals surface area (Å²) in [6.07, 6.45) is 2.74. The van der Waals surface area contributed by atoms with Crippen LogP contribution < -0.4 is 10.1 Å². The fraction of sp³-hybridized carbons (Fsp3) is 0.538. The lowest BCUT2D eigenvalue weighted by Crippen LogP contribution is -2.25. The van der Waals surface area contributed by atoms with Crippen molar-refractivity contribution < 1.29 is 9.47 Å². The molecule has 1 aliphatic rings. The largest absolute Gasteiger partial charge is 0.494 e. The van der Waals surface area contributed by atoms with Gasteiger partial charge in [0.1, 0.15) is 5.75 Å². The highest BCUT2D eigenvalue weighted by Gasteiger charge is 2.14. The van der Waals surface area contributed by atoms with E-state index in [9.17, 15) is 0 Å². The second-order valence-electron chi connectivity index (χ2n) is 4.36. The first-order valence-corrected chi connectivity index (χ1v) is 7.63. The highest BCUT2D eigenvalue weighted by Crippen LogP contribution is 2.34. The van der Waals surface area contributed by atoms with Crippen molar-refractivity contribution in [2.24, 2.45) is 0 Å². The van der Waals surface area contributed by atoms with Crippen molar-refractivity contribution in [1.29, 1.82) is 0 Å². The van der Waals surface area contributed by atoms with Crippen LogP contribution in [0.1, 0.15) is 18.4 Å². The first-order valence-electron chi connectivity index (χ1n) is 6.05. The lowest BCUT2D eigenvalue weighted by Gasteiger charge is -2.12. The number of hydrogen-bond acceptors (Lipinski definition) is 3. The number of hydrogen-bond donors (Lipinski definition) is 1. The molecule has 0 spiro atoms. The highest BCUT2D eigenvalue weighted by atomic mass is 79.9. The zero-order chi connectivity index (χ0) is 13.0. The predicted molar refractivity (Wildman–Crippen MR) is 79.1 cm³/mol. The van der Waals surface area contributed by atoms with E-state index < -0.39 is 0 Å². The number of nitrogens with one attached hydrogen (secondary N) is 1. The Bertz CT molecular complexity index is 383. The quantitative estimate of drug-likeness (QED) is 0.850. The van der Waals surface area contributed by atoms with Gasteiger partial charge in [0, 0.05) is 19.7 Å². The number of halogens is 2. The van der Waals surface area contributed by atoms with Gasteiger partial charge in [0.15, 0.2) is 0 Å². The Hall–Kier alpha value is -0.100. The molecule has 0 radical (unpaired) electrons. The van der Waals surface area contributed by atoms with Crippen LogP contribution >= 0.6 is 31.9 Å². The van der Waals surface area contributed by atoms with Gasteiger partial charge in [-0.3, -0.25) is 0 Å². The third-order valence-corrected chi connectivity index (χ3v) is 4.17. The van der Waals surface area contributed by atoms with Crippen LogP contribution in [0, 0.1) is 0 Å². The monoisotopic (exact) mass is 377 g/mol. The van der Waals surface area contributed by atoms with E-state index >= 15 is 0 Å². The summed E-state index contributed by atoms with van der Waals surface area (Å²) < 4.78 is 12.8. The molecule has 1 N–H and O–H groups in total. The second-order valence-corrected chi connectivity index (χ2v) is 6.07. The maximum Gasteiger partial charge on any atom is 0.147 e. The normalized spacial score (nSPS) is 19.2. The Morgan fingerprint density at radius 1 is 1.39 bits per heavy atom. The lowest BCUT2D eigenvalue weighted by atomic mass is 10.2. The number of rotatable bonds is 5. The van der Waals surface area contributed by atoms with E-state index in [1.807, 2.05) is 0 Å². The Kier molecular flexibility index (Phi) is 5.48. The average molecular weight is 379 g/mol. The molecule has 0 amide bonds. The van der Waals surface area contributed by atoms with E-state index in [2.05, 4.69) is 49.3 Å². The molecule has 1 aromatic carbocycles. The third kappa shape index (κ3) is 3.70. The molecule has 1 aromatic rings. The van der Waals surface area contributed by atoms with Gasteiger partial charge < -0.3 is 14.8 Å². The molecule has 1 heterocycles. The molecular weight excluding hydrogens is 362 g/mol. The average Bonchev–Trinajstić information content (AvgIpc) is 2.82. The molecule has 2 rings (SSSR count). The van der Waals surface area contributed by atoms with Crippen LogP contribution in [0.5, 0.6) is 5.75 Å². The standard InChI is InChI=1S/C13H17Br2NO2/c1-17-13-11(14)5-9(6-12(13)15)7-16-8-10-3-2-4-18-10/h5-6,10,16H,2-4,7-8H2,1H3/t10-/m0/s1. The lowest BCUT2D eigenvalue weighted by molar-refractivity contribution is 0.110. The van der Waals surface area contributed by atoms with Crippen LogP contribution in [0.2, 0.25) is 0 Å². The Labute approximate surface area is 124 Å². The minimum absolute atomic E-state index is 0.384. The van der Waals surface area contributed by atoms with Gasteiger partial charge in [-0.2, -0.15) is 0 Å². The van der Waals surface area contributed by atoms with Gasteiger partial charge in [-0.15, -0.1) is 0 Å². The molecule has 5 heteroatoms. The molecule has 18 heavy (non-hydrogen) atoms. The van der Waals surface area contributed by atoms with Gasteiger partial charge in [-0.1, -0.05) is 0 Å². The van der Waals surface area contributed by atoms with E-state index in [1.54, 1.807) is 7.11 Å². The first kappa shape index (κ1) is 14.3. The molecule has 3 nitrogen and oxygen atoms in total. The first-order chi connectivity index (χ1) is 8.70. The van der Waals surface area contributed by atoms with E-state index in [0.717, 1.165) is 34.4 Å². The van der Waals surface area contributed by atoms with E-state index in [-0.39, 0.29) is 0 Å². The van der Waals surface area contributed by atoms with E-state index in [4.69, 9.17) is 9.47 Å². The van der Waals surface area contributed by atoms with Crippen molar-refractivity contribution >= 4 is 31.9 Å². The molecule has 1 atom stereocenters. The van der Waals surface area contributed by atoms with Crippen LogP contribution in [-0.4, -0.2) is 26.4 Å². The van der Waals surface area contributed by atoms with Crippen LogP contribution in [0.15, 0.2) is 21.1 Å². The Morgan fingerprint density at radius 2 is 2.11 bits per heavy atom. The summed E-state index contributed by atoms with van der Waals surface area (Å²) >= 11 is 7.02. The van der Waals surface area contributed by atoms with Crippen molar-refractivity contribution in [1.82, 2.24) is 5.32 Å². The summed E-state index contributed by atoms with van der Waals surface area (Å²) in [4.78, 5) is 0. The van der Waals surface area contributed by atoms with Crippen LogP contribution in [-0.2, 0) is 11.3 Å². The predicted octanol–water partition coefficient (Wildman–Crippen LogP) is 3.49. The smallest absolute Gasteiger partial charge is 0.147 e. The summed E-state index contributed by atoms with van der Waals surface area (Å²) in [7, 11) is 1.67. The molecule has 1 aliphatic heterocycles. The molecule has 0 aromatic heterocycles. The molecule has 0 unspecified atom stereocenters. The van der Waals surface area contributed by atoms with Gasteiger partial charge in [-0.25, -0.2) is 0 Å². The molecule has 1 saturated heterocycles. The Morgan fingerprint density at radius 3 is 2.67 bits per heavy atom. The molecule has 0 aliphatic carbocycles. The van der Waals surface area contributed by atoms with E-state index in [0.29, 0.717) is 6.10 Å². The highest BCUT2D eigenvalue weighted by molar-refractivity contribution is 9.11. The van der Waals surface area contributed by atoms with Crippen LogP contribution in [0.3, 0.4) is 0 Å². The van der Waals surface area contributed by atoms with E-state index in [1.165, 1.54) is 18.4 Å². The summed E-state index contributed by atoms with van der Waals surface area (Å²) in [5.74, 6) is 0.831. The minimum Gasteiger partial charge on any atom is -0.494 e. The molecule has 0 bridgehead atoms. The summed E-state index contributed by atoms with van der Waals surface area (Å²) in [6, 6.07) is 4.15. The van der Waals surface area contributed by atoms with Gasteiger partial charge in [0.2, 0.25) is 0 Å². The third-order valence-electron chi connectivity index (χ3n) is 2.99. The summed E-state index contributed by atoms with van der Waals surface area (Å²) in [6.45, 7) is 2.66. The fourth-order valence-corrected chi connectivity index (χ4v) is 3.70. The SMILES string of the molecule is COc1c(Br)cc(CNC[C@@H]2CCCO2)cc1Br. The molecular formula is C13H17Br2NO2. The minimum atomic E-state index is 0.384. The number of benzene rings is 1. The maximum atomic E-state index is 5.57. The second kappa shape index (κ2) is 6.89. The van der Waals surface area contributed by atoms with Crippen molar-refractivity contribution in [3.63, 3.8) is 0 Å². The van der Waals surface area contributed by atoms with Crippen molar-refractivity contribution in [2.45, 2.75) is 25.5 Å². The summed E-state index contributed by atoms with van der Waals surface area (Å²) in [5, 5.41) is 3.43. The zero-order valence-corrected chi connectivity index (χ0v) is 13.5. The van der Waals surface area contributed by atoms with Gasteiger partial charge >= 0.3 is 0 Å². The maximum absolute atomic E-state index is 5.57. The van der Waals surface area contributed by atoms with Crippen LogP contribution in [0.4, 0.5) is 0 Å². The summed E-state index contributed by atoms with van der Waals surface area (Å²) in [5.41, 5.74) is 1.22. The number of ether oxygens (including phenoxy) is 2. The van der Waals surface area contributed by atoms with Crippen molar-refractivity contribution in [3.8, 4) is 5.75 Å². The van der Waals surface area contributed by atoms with Crippen molar-refractivity contribution in [2.75, 3.05) is 20.3 Å². The van der Waals surface area contributed by atoms with Crippen molar-refractivity contribution in [3.05, 3.63) is 26.6 Å². The Balaban J connectivity index is 1.89. The number of methoxy groups -OCH3 is 1. The molecule has 0 saturated carbocycles.